The Hall–Kier alpha value is -3.89. The number of hydrogen-bond acceptors (Lipinski definition) is 6. The predicted molar refractivity (Wildman–Crippen MR) is 117 cm³/mol. The molecule has 1 saturated heterocycles. The largest absolute Gasteiger partial charge is 0.508 e. The third kappa shape index (κ3) is 5.18. The summed E-state index contributed by atoms with van der Waals surface area (Å²) in [5.41, 5.74) is 2.86. The van der Waals surface area contributed by atoms with Crippen LogP contribution in [0, 0.1) is 11.8 Å². The van der Waals surface area contributed by atoms with Crippen LogP contribution in [0.3, 0.4) is 0 Å². The molecule has 1 aliphatic rings. The lowest BCUT2D eigenvalue weighted by Gasteiger charge is -2.35. The summed E-state index contributed by atoms with van der Waals surface area (Å²) >= 11 is 0. The van der Waals surface area contributed by atoms with E-state index in [-0.39, 0.29) is 11.4 Å². The topological polar surface area (TPSA) is 89.8 Å². The monoisotopic (exact) mass is 414 g/mol. The van der Waals surface area contributed by atoms with Gasteiger partial charge in [0.15, 0.2) is 11.5 Å². The molecule has 1 fully saturated rings. The highest BCUT2D eigenvalue weighted by Gasteiger charge is 2.19. The number of carboxylic acids is 1. The van der Waals surface area contributed by atoms with Crippen molar-refractivity contribution in [1.29, 1.82) is 0 Å². The Labute approximate surface area is 180 Å². The number of piperazine rings is 1. The molecule has 4 rings (SSSR count). The van der Waals surface area contributed by atoms with Crippen molar-refractivity contribution in [3.05, 3.63) is 83.0 Å². The molecule has 156 valence electrons. The van der Waals surface area contributed by atoms with Gasteiger partial charge in [0.25, 0.3) is 0 Å². The first-order valence-electron chi connectivity index (χ1n) is 10.0. The van der Waals surface area contributed by atoms with Gasteiger partial charge in [-0.3, -0.25) is 4.90 Å². The third-order valence-electron chi connectivity index (χ3n) is 5.16. The summed E-state index contributed by atoms with van der Waals surface area (Å²) in [6.45, 7) is 4.09. The number of phenolic OH excluding ortho intramolecular Hbond substituents is 1. The smallest absolute Gasteiger partial charge is 0.356 e. The van der Waals surface area contributed by atoms with Gasteiger partial charge in [0.1, 0.15) is 5.75 Å². The number of nitrogens with zero attached hydrogens (tertiary/aromatic N) is 4. The zero-order valence-corrected chi connectivity index (χ0v) is 16.9. The number of benzene rings is 2. The lowest BCUT2D eigenvalue weighted by atomic mass is 10.1. The van der Waals surface area contributed by atoms with Crippen molar-refractivity contribution >= 4 is 11.8 Å². The van der Waals surface area contributed by atoms with Crippen LogP contribution in [-0.2, 0) is 6.54 Å². The van der Waals surface area contributed by atoms with Gasteiger partial charge in [-0.1, -0.05) is 36.1 Å². The highest BCUT2D eigenvalue weighted by Crippen LogP contribution is 2.17. The van der Waals surface area contributed by atoms with Crippen LogP contribution < -0.4 is 4.90 Å². The second-order valence-electron chi connectivity index (χ2n) is 7.30. The van der Waals surface area contributed by atoms with Gasteiger partial charge in [0.05, 0.1) is 0 Å². The van der Waals surface area contributed by atoms with E-state index in [9.17, 15) is 9.90 Å². The fourth-order valence-electron chi connectivity index (χ4n) is 3.49. The molecule has 0 spiro atoms. The van der Waals surface area contributed by atoms with Crippen molar-refractivity contribution in [2.75, 3.05) is 31.1 Å². The summed E-state index contributed by atoms with van der Waals surface area (Å²) in [5, 5.41) is 26.4. The molecule has 1 aromatic heterocycles. The number of aromatic nitrogens is 2. The third-order valence-corrected chi connectivity index (χ3v) is 5.16. The number of aromatic carboxylic acids is 1. The first-order chi connectivity index (χ1) is 15.1. The van der Waals surface area contributed by atoms with E-state index in [0.29, 0.717) is 5.82 Å². The van der Waals surface area contributed by atoms with E-state index in [1.165, 1.54) is 6.07 Å². The van der Waals surface area contributed by atoms with Crippen LogP contribution in [-0.4, -0.2) is 57.5 Å². The Morgan fingerprint density at radius 2 is 1.74 bits per heavy atom. The average molecular weight is 414 g/mol. The lowest BCUT2D eigenvalue weighted by molar-refractivity contribution is 0.0689. The summed E-state index contributed by atoms with van der Waals surface area (Å²) < 4.78 is 0. The van der Waals surface area contributed by atoms with E-state index in [2.05, 4.69) is 37.9 Å². The molecule has 0 bridgehead atoms. The number of carbonyl (C=O) groups is 1. The maximum absolute atomic E-state index is 10.9. The van der Waals surface area contributed by atoms with Gasteiger partial charge in [-0.05, 0) is 42.0 Å². The molecule has 0 amide bonds. The molecule has 0 aliphatic carbocycles. The Kier molecular flexibility index (Phi) is 6.11. The van der Waals surface area contributed by atoms with Crippen LogP contribution >= 0.6 is 0 Å². The van der Waals surface area contributed by atoms with E-state index < -0.39 is 5.97 Å². The maximum Gasteiger partial charge on any atom is 0.356 e. The van der Waals surface area contributed by atoms with Crippen molar-refractivity contribution in [3.8, 4) is 17.6 Å². The molecule has 0 radical (unpaired) electrons. The SMILES string of the molecule is O=C(O)c1ccc(N2CCN(Cc3ccccc3C#Cc3cccc(O)c3)CC2)nn1. The number of carboxylic acid groups (broad SMARTS) is 1. The molecular weight excluding hydrogens is 392 g/mol. The minimum absolute atomic E-state index is 0.0502. The Bertz CT molecular complexity index is 1130. The van der Waals surface area contributed by atoms with Crippen molar-refractivity contribution in [2.45, 2.75) is 6.54 Å². The predicted octanol–water partition coefficient (Wildman–Crippen LogP) is 2.60. The molecule has 0 saturated carbocycles. The van der Waals surface area contributed by atoms with Gasteiger partial charge in [0, 0.05) is 43.9 Å². The van der Waals surface area contributed by atoms with E-state index in [1.807, 2.05) is 24.3 Å². The lowest BCUT2D eigenvalue weighted by Crippen LogP contribution is -2.46. The molecule has 0 atom stereocenters. The van der Waals surface area contributed by atoms with E-state index >= 15 is 0 Å². The van der Waals surface area contributed by atoms with Crippen molar-refractivity contribution in [2.24, 2.45) is 0 Å². The summed E-state index contributed by atoms with van der Waals surface area (Å²) in [7, 11) is 0. The molecule has 7 heteroatoms. The van der Waals surface area contributed by atoms with Crippen LogP contribution in [0.25, 0.3) is 0 Å². The van der Waals surface area contributed by atoms with Crippen LogP contribution in [0.4, 0.5) is 5.82 Å². The van der Waals surface area contributed by atoms with Gasteiger partial charge in [0.2, 0.25) is 0 Å². The number of hydrogen-bond donors (Lipinski definition) is 2. The van der Waals surface area contributed by atoms with Gasteiger partial charge in [-0.25, -0.2) is 4.79 Å². The second kappa shape index (κ2) is 9.28. The number of anilines is 1. The van der Waals surface area contributed by atoms with Gasteiger partial charge in [-0.15, -0.1) is 10.2 Å². The standard InChI is InChI=1S/C24H22N4O3/c29-21-7-3-4-18(16-21)8-9-19-5-1-2-6-20(19)17-27-12-14-28(15-13-27)23-11-10-22(24(30)31)25-26-23/h1-7,10-11,16,29H,12-15,17H2,(H,30,31). The quantitative estimate of drug-likeness (QED) is 0.634. The highest BCUT2D eigenvalue weighted by molar-refractivity contribution is 5.85. The molecule has 1 aliphatic heterocycles. The summed E-state index contributed by atoms with van der Waals surface area (Å²) in [6.07, 6.45) is 0. The normalized spacial score (nSPS) is 14.0. The zero-order chi connectivity index (χ0) is 21.6. The zero-order valence-electron chi connectivity index (χ0n) is 16.9. The Morgan fingerprint density at radius 3 is 2.45 bits per heavy atom. The molecule has 2 heterocycles. The minimum Gasteiger partial charge on any atom is -0.508 e. The number of rotatable bonds is 4. The fourth-order valence-corrected chi connectivity index (χ4v) is 3.49. The maximum atomic E-state index is 10.9. The molecule has 7 nitrogen and oxygen atoms in total. The highest BCUT2D eigenvalue weighted by atomic mass is 16.4. The van der Waals surface area contributed by atoms with Gasteiger partial charge in [-0.2, -0.15) is 0 Å². The first kappa shape index (κ1) is 20.4. The molecular formula is C24H22N4O3. The van der Waals surface area contributed by atoms with Gasteiger partial charge >= 0.3 is 5.97 Å². The first-order valence-corrected chi connectivity index (χ1v) is 10.0. The van der Waals surface area contributed by atoms with E-state index in [0.717, 1.165) is 49.4 Å². The molecule has 31 heavy (non-hydrogen) atoms. The second-order valence-corrected chi connectivity index (χ2v) is 7.30. The minimum atomic E-state index is -1.07. The number of phenols is 1. The van der Waals surface area contributed by atoms with E-state index in [4.69, 9.17) is 5.11 Å². The van der Waals surface area contributed by atoms with Gasteiger partial charge < -0.3 is 15.1 Å². The fraction of sp³-hybridized carbons (Fsp3) is 0.208. The summed E-state index contributed by atoms with van der Waals surface area (Å²) in [6, 6.07) is 18.2. The van der Waals surface area contributed by atoms with Crippen LogP contribution in [0.2, 0.25) is 0 Å². The Balaban J connectivity index is 1.39. The molecule has 0 unspecified atom stereocenters. The molecule has 3 aromatic rings. The summed E-state index contributed by atoms with van der Waals surface area (Å²) in [5.74, 6) is 6.19. The van der Waals surface area contributed by atoms with Crippen LogP contribution in [0.15, 0.2) is 60.7 Å². The van der Waals surface area contributed by atoms with E-state index in [1.54, 1.807) is 24.3 Å². The number of aromatic hydroxyl groups is 1. The summed E-state index contributed by atoms with van der Waals surface area (Å²) in [4.78, 5) is 15.4. The average Bonchev–Trinajstić information content (AvgIpc) is 2.79. The molecule has 2 aromatic carbocycles. The molecule has 2 N–H and O–H groups in total. The van der Waals surface area contributed by atoms with Crippen molar-refractivity contribution in [1.82, 2.24) is 15.1 Å². The Morgan fingerprint density at radius 1 is 0.935 bits per heavy atom. The van der Waals surface area contributed by atoms with Crippen LogP contribution in [0.5, 0.6) is 5.75 Å². The van der Waals surface area contributed by atoms with Crippen molar-refractivity contribution < 1.29 is 15.0 Å². The van der Waals surface area contributed by atoms with Crippen molar-refractivity contribution in [3.63, 3.8) is 0 Å². The van der Waals surface area contributed by atoms with Crippen LogP contribution in [0.1, 0.15) is 27.2 Å².